The zero-order valence-corrected chi connectivity index (χ0v) is 16.9. The third-order valence-corrected chi connectivity index (χ3v) is 4.62. The monoisotopic (exact) mass is 411 g/mol. The highest BCUT2D eigenvalue weighted by Gasteiger charge is 2.26. The van der Waals surface area contributed by atoms with Crippen LogP contribution in [0, 0.1) is 18.7 Å². The number of ether oxygens (including phenoxy) is 1. The van der Waals surface area contributed by atoms with Gasteiger partial charge in [0.2, 0.25) is 0 Å². The third-order valence-electron chi connectivity index (χ3n) is 4.62. The van der Waals surface area contributed by atoms with Crippen molar-refractivity contribution in [3.63, 3.8) is 0 Å². The van der Waals surface area contributed by atoms with Crippen LogP contribution in [0.5, 0.6) is 0 Å². The van der Waals surface area contributed by atoms with E-state index < -0.39 is 23.7 Å². The summed E-state index contributed by atoms with van der Waals surface area (Å²) in [6, 6.07) is 8.99. The number of nitrogens with zero attached hydrogens (tertiary/aromatic N) is 2. The summed E-state index contributed by atoms with van der Waals surface area (Å²) < 4.78 is 19.8. The Morgan fingerprint density at radius 1 is 1.20 bits per heavy atom. The fourth-order valence-electron chi connectivity index (χ4n) is 2.94. The maximum Gasteiger partial charge on any atom is 0.329 e. The van der Waals surface area contributed by atoms with Crippen molar-refractivity contribution in [1.29, 1.82) is 0 Å². The molecule has 2 aromatic heterocycles. The molecule has 1 amide bonds. The predicted octanol–water partition coefficient (Wildman–Crippen LogP) is 2.64. The molecule has 1 atom stereocenters. The molecule has 2 heterocycles. The molecule has 1 aromatic carbocycles. The van der Waals surface area contributed by atoms with Crippen LogP contribution in [-0.4, -0.2) is 27.3 Å². The Labute approximate surface area is 172 Å². The molecule has 0 bridgehead atoms. The molecule has 3 rings (SSSR count). The first-order chi connectivity index (χ1) is 14.3. The van der Waals surface area contributed by atoms with Crippen LogP contribution in [-0.2, 0) is 16.1 Å². The molecule has 30 heavy (non-hydrogen) atoms. The van der Waals surface area contributed by atoms with Gasteiger partial charge in [-0.1, -0.05) is 19.9 Å². The minimum Gasteiger partial charge on any atom is -0.458 e. The van der Waals surface area contributed by atoms with E-state index in [9.17, 15) is 18.8 Å². The highest BCUT2D eigenvalue weighted by Crippen LogP contribution is 2.10. The van der Waals surface area contributed by atoms with Gasteiger partial charge in [-0.2, -0.15) is 0 Å². The molecule has 0 aliphatic carbocycles. The van der Waals surface area contributed by atoms with Gasteiger partial charge in [-0.05, 0) is 48.7 Å². The fourth-order valence-corrected chi connectivity index (χ4v) is 2.94. The SMILES string of the molecule is Cc1cccn2c(=O)cc(COC(=O)[C@@H](NC(=O)c3ccc(F)cc3)C(C)C)nc12. The van der Waals surface area contributed by atoms with Crippen LogP contribution >= 0.6 is 0 Å². The Kier molecular flexibility index (Phi) is 6.25. The van der Waals surface area contributed by atoms with Crippen molar-refractivity contribution in [1.82, 2.24) is 14.7 Å². The highest BCUT2D eigenvalue weighted by atomic mass is 19.1. The third kappa shape index (κ3) is 4.71. The van der Waals surface area contributed by atoms with Crippen LogP contribution < -0.4 is 10.9 Å². The van der Waals surface area contributed by atoms with Crippen LogP contribution in [0.4, 0.5) is 4.39 Å². The number of amides is 1. The van der Waals surface area contributed by atoms with Crippen LogP contribution in [0.3, 0.4) is 0 Å². The number of esters is 1. The first-order valence-electron chi connectivity index (χ1n) is 9.47. The van der Waals surface area contributed by atoms with E-state index >= 15 is 0 Å². The number of pyridine rings is 1. The second kappa shape index (κ2) is 8.86. The lowest BCUT2D eigenvalue weighted by molar-refractivity contribution is -0.148. The molecule has 7 nitrogen and oxygen atoms in total. The number of carbonyl (C=O) groups is 2. The number of hydrogen-bond donors (Lipinski definition) is 1. The smallest absolute Gasteiger partial charge is 0.329 e. The Bertz CT molecular complexity index is 1140. The topological polar surface area (TPSA) is 89.8 Å². The van der Waals surface area contributed by atoms with Crippen molar-refractivity contribution >= 4 is 17.5 Å². The van der Waals surface area contributed by atoms with Gasteiger partial charge in [0.05, 0.1) is 5.69 Å². The molecule has 0 spiro atoms. The van der Waals surface area contributed by atoms with Gasteiger partial charge in [0.1, 0.15) is 24.1 Å². The van der Waals surface area contributed by atoms with E-state index in [0.717, 1.165) is 5.56 Å². The van der Waals surface area contributed by atoms with E-state index in [1.165, 1.54) is 34.7 Å². The fraction of sp³-hybridized carbons (Fsp3) is 0.273. The quantitative estimate of drug-likeness (QED) is 0.630. The first kappa shape index (κ1) is 21.2. The molecule has 3 aromatic rings. The molecule has 0 radical (unpaired) electrons. The van der Waals surface area contributed by atoms with Crippen LogP contribution in [0.15, 0.2) is 53.5 Å². The van der Waals surface area contributed by atoms with Gasteiger partial charge < -0.3 is 10.1 Å². The van der Waals surface area contributed by atoms with Crippen LogP contribution in [0.25, 0.3) is 5.65 Å². The molecule has 0 saturated carbocycles. The van der Waals surface area contributed by atoms with E-state index in [1.54, 1.807) is 26.1 Å². The Morgan fingerprint density at radius 3 is 2.57 bits per heavy atom. The normalized spacial score (nSPS) is 12.0. The lowest BCUT2D eigenvalue weighted by atomic mass is 10.0. The summed E-state index contributed by atoms with van der Waals surface area (Å²) in [4.78, 5) is 41.6. The summed E-state index contributed by atoms with van der Waals surface area (Å²) in [6.07, 6.45) is 1.62. The van der Waals surface area contributed by atoms with Gasteiger partial charge in [0.15, 0.2) is 0 Å². The first-order valence-corrected chi connectivity index (χ1v) is 9.47. The molecule has 0 fully saturated rings. The van der Waals surface area contributed by atoms with Crippen LogP contribution in [0.1, 0.15) is 35.5 Å². The standard InChI is InChI=1S/C22H22FN3O4/c1-13(2)19(25-21(28)15-6-8-16(23)9-7-15)22(29)30-12-17-11-18(27)26-10-4-5-14(3)20(26)24-17/h4-11,13,19H,12H2,1-3H3,(H,25,28)/t19-/m0/s1. The molecule has 0 saturated heterocycles. The maximum absolute atomic E-state index is 13.0. The molecular weight excluding hydrogens is 389 g/mol. The number of aromatic nitrogens is 2. The number of benzene rings is 1. The van der Waals surface area contributed by atoms with Gasteiger partial charge in [0.25, 0.3) is 11.5 Å². The van der Waals surface area contributed by atoms with Gasteiger partial charge in [-0.25, -0.2) is 14.2 Å². The van der Waals surface area contributed by atoms with E-state index in [2.05, 4.69) is 10.3 Å². The zero-order chi connectivity index (χ0) is 21.8. The van der Waals surface area contributed by atoms with Gasteiger partial charge in [-0.3, -0.25) is 14.0 Å². The summed E-state index contributed by atoms with van der Waals surface area (Å²) in [7, 11) is 0. The van der Waals surface area contributed by atoms with Crippen molar-refractivity contribution in [3.8, 4) is 0 Å². The molecule has 0 aliphatic rings. The van der Waals surface area contributed by atoms with E-state index in [0.29, 0.717) is 11.3 Å². The summed E-state index contributed by atoms with van der Waals surface area (Å²) in [5.41, 5.74) is 1.57. The summed E-state index contributed by atoms with van der Waals surface area (Å²) in [5.74, 6) is -1.87. The summed E-state index contributed by atoms with van der Waals surface area (Å²) >= 11 is 0. The van der Waals surface area contributed by atoms with Gasteiger partial charge >= 0.3 is 5.97 Å². The molecule has 0 unspecified atom stereocenters. The number of carbonyl (C=O) groups excluding carboxylic acids is 2. The van der Waals surface area contributed by atoms with Gasteiger partial charge in [-0.15, -0.1) is 0 Å². The summed E-state index contributed by atoms with van der Waals surface area (Å²) in [5, 5.41) is 2.62. The van der Waals surface area contributed by atoms with Crippen molar-refractivity contribution in [2.24, 2.45) is 5.92 Å². The average molecular weight is 411 g/mol. The predicted molar refractivity (Wildman–Crippen MR) is 108 cm³/mol. The molecule has 1 N–H and O–H groups in total. The van der Waals surface area contributed by atoms with Crippen molar-refractivity contribution in [2.75, 3.05) is 0 Å². The number of nitrogens with one attached hydrogen (secondary N) is 1. The van der Waals surface area contributed by atoms with Crippen molar-refractivity contribution in [2.45, 2.75) is 33.4 Å². The minimum atomic E-state index is -0.911. The minimum absolute atomic E-state index is 0.200. The average Bonchev–Trinajstić information content (AvgIpc) is 2.71. The molecule has 156 valence electrons. The molecule has 8 heteroatoms. The number of halogens is 1. The summed E-state index contributed by atoms with van der Waals surface area (Å²) in [6.45, 7) is 5.16. The Balaban J connectivity index is 1.72. The number of fused-ring (bicyclic) bond motifs is 1. The van der Waals surface area contributed by atoms with E-state index in [1.807, 2.05) is 13.0 Å². The zero-order valence-electron chi connectivity index (χ0n) is 16.9. The molecule has 0 aliphatic heterocycles. The highest BCUT2D eigenvalue weighted by molar-refractivity contribution is 5.96. The maximum atomic E-state index is 13.0. The van der Waals surface area contributed by atoms with E-state index in [-0.39, 0.29) is 23.6 Å². The largest absolute Gasteiger partial charge is 0.458 e. The number of hydrogen-bond acceptors (Lipinski definition) is 5. The second-order valence-corrected chi connectivity index (χ2v) is 7.28. The lowest BCUT2D eigenvalue weighted by Gasteiger charge is -2.21. The Morgan fingerprint density at radius 2 is 1.90 bits per heavy atom. The van der Waals surface area contributed by atoms with E-state index in [4.69, 9.17) is 4.74 Å². The Hall–Kier alpha value is -3.55. The van der Waals surface area contributed by atoms with Crippen molar-refractivity contribution in [3.05, 3.63) is 81.7 Å². The van der Waals surface area contributed by atoms with Crippen LogP contribution in [0.2, 0.25) is 0 Å². The molecular formula is C22H22FN3O4. The number of aryl methyl sites for hydroxylation is 1. The number of rotatable bonds is 6. The van der Waals surface area contributed by atoms with Gasteiger partial charge in [0, 0.05) is 17.8 Å². The van der Waals surface area contributed by atoms with Crippen molar-refractivity contribution < 1.29 is 18.7 Å². The lowest BCUT2D eigenvalue weighted by Crippen LogP contribution is -2.45. The second-order valence-electron chi connectivity index (χ2n) is 7.28.